The van der Waals surface area contributed by atoms with E-state index in [-0.39, 0.29) is 17.8 Å². The number of hydrogen-bond acceptors (Lipinski definition) is 3. The van der Waals surface area contributed by atoms with Crippen molar-refractivity contribution >= 4 is 27.7 Å². The molecule has 0 unspecified atom stereocenters. The first kappa shape index (κ1) is 16.5. The lowest BCUT2D eigenvalue weighted by Crippen LogP contribution is -2.39. The first-order valence-corrected chi connectivity index (χ1v) is 7.19. The molecule has 1 rings (SSSR count). The van der Waals surface area contributed by atoms with Gasteiger partial charge in [-0.2, -0.15) is 0 Å². The smallest absolute Gasteiger partial charge is 0.254 e. The zero-order valence-corrected chi connectivity index (χ0v) is 13.5. The van der Waals surface area contributed by atoms with Crippen LogP contribution in [-0.4, -0.2) is 34.4 Å². The fourth-order valence-electron chi connectivity index (χ4n) is 1.90. The Bertz CT molecular complexity index is 495. The van der Waals surface area contributed by atoms with Crippen molar-refractivity contribution in [2.75, 3.05) is 6.54 Å². The van der Waals surface area contributed by atoms with Crippen molar-refractivity contribution in [3.05, 3.63) is 33.8 Å². The van der Waals surface area contributed by atoms with Crippen molar-refractivity contribution in [2.24, 2.45) is 10.9 Å². The maximum Gasteiger partial charge on any atom is 0.254 e. The fraction of sp³-hybridized carbons (Fsp3) is 0.429. The van der Waals surface area contributed by atoms with Crippen LogP contribution in [0, 0.1) is 6.92 Å². The van der Waals surface area contributed by atoms with E-state index >= 15 is 0 Å². The van der Waals surface area contributed by atoms with E-state index in [0.717, 1.165) is 10.0 Å². The molecule has 0 atom stereocenters. The van der Waals surface area contributed by atoms with Gasteiger partial charge in [-0.15, -0.1) is 0 Å². The highest BCUT2D eigenvalue weighted by atomic mass is 79.9. The molecule has 0 bridgehead atoms. The van der Waals surface area contributed by atoms with Crippen LogP contribution in [0.15, 0.2) is 27.8 Å². The average Bonchev–Trinajstić information content (AvgIpc) is 2.36. The highest BCUT2D eigenvalue weighted by Gasteiger charge is 2.19. The van der Waals surface area contributed by atoms with Gasteiger partial charge in [-0.05, 0) is 44.5 Å². The third-order valence-electron chi connectivity index (χ3n) is 2.91. The van der Waals surface area contributed by atoms with Crippen molar-refractivity contribution < 1.29 is 10.0 Å². The molecule has 6 heteroatoms. The zero-order valence-electron chi connectivity index (χ0n) is 11.9. The number of benzene rings is 1. The number of oxime groups is 1. The molecule has 110 valence electrons. The largest absolute Gasteiger partial charge is 0.409 e. The first-order chi connectivity index (χ1) is 9.35. The topological polar surface area (TPSA) is 78.9 Å². The van der Waals surface area contributed by atoms with E-state index in [2.05, 4.69) is 21.1 Å². The second kappa shape index (κ2) is 7.28. The normalized spacial score (nSPS) is 11.8. The fourth-order valence-corrected chi connectivity index (χ4v) is 2.51. The van der Waals surface area contributed by atoms with E-state index in [0.29, 0.717) is 18.5 Å². The van der Waals surface area contributed by atoms with Crippen LogP contribution >= 0.6 is 15.9 Å². The molecule has 0 radical (unpaired) electrons. The van der Waals surface area contributed by atoms with Crippen LogP contribution in [-0.2, 0) is 0 Å². The molecule has 1 amide bonds. The van der Waals surface area contributed by atoms with Gasteiger partial charge in [-0.3, -0.25) is 4.79 Å². The van der Waals surface area contributed by atoms with Crippen LogP contribution in [0.1, 0.15) is 36.2 Å². The SMILES string of the molecule is Cc1cc(Br)cc(C(=O)N(CC/C(N)=N/O)C(C)C)c1. The van der Waals surface area contributed by atoms with Crippen molar-refractivity contribution in [3.8, 4) is 0 Å². The standard InChI is InChI=1S/C14H20BrN3O2/c1-9(2)18(5-4-13(16)17-20)14(19)11-6-10(3)7-12(15)8-11/h6-9,20H,4-5H2,1-3H3,(H2,16,17). The van der Waals surface area contributed by atoms with E-state index in [1.807, 2.05) is 32.9 Å². The van der Waals surface area contributed by atoms with Gasteiger partial charge < -0.3 is 15.8 Å². The Balaban J connectivity index is 2.93. The third kappa shape index (κ3) is 4.52. The molecule has 1 aromatic rings. The minimum Gasteiger partial charge on any atom is -0.409 e. The molecular formula is C14H20BrN3O2. The maximum absolute atomic E-state index is 12.6. The van der Waals surface area contributed by atoms with Crippen molar-refractivity contribution in [3.63, 3.8) is 0 Å². The molecule has 0 aliphatic heterocycles. The monoisotopic (exact) mass is 341 g/mol. The van der Waals surface area contributed by atoms with Crippen molar-refractivity contribution in [2.45, 2.75) is 33.2 Å². The first-order valence-electron chi connectivity index (χ1n) is 6.39. The summed E-state index contributed by atoms with van der Waals surface area (Å²) in [7, 11) is 0. The molecule has 1 aromatic carbocycles. The number of carbonyl (C=O) groups excluding carboxylic acids is 1. The van der Waals surface area contributed by atoms with Gasteiger partial charge in [-0.25, -0.2) is 0 Å². The third-order valence-corrected chi connectivity index (χ3v) is 3.37. The number of aryl methyl sites for hydroxylation is 1. The number of carbonyl (C=O) groups is 1. The molecule has 0 aliphatic carbocycles. The summed E-state index contributed by atoms with van der Waals surface area (Å²) >= 11 is 3.40. The van der Waals surface area contributed by atoms with Gasteiger partial charge in [0.15, 0.2) is 0 Å². The number of halogens is 1. The molecule has 20 heavy (non-hydrogen) atoms. The maximum atomic E-state index is 12.6. The Kier molecular flexibility index (Phi) is 6.01. The molecular weight excluding hydrogens is 322 g/mol. The van der Waals surface area contributed by atoms with Crippen LogP contribution in [0.5, 0.6) is 0 Å². The molecule has 3 N–H and O–H groups in total. The zero-order chi connectivity index (χ0) is 15.3. The minimum absolute atomic E-state index is 0.0354. The summed E-state index contributed by atoms with van der Waals surface area (Å²) in [4.78, 5) is 14.3. The van der Waals surface area contributed by atoms with Crippen LogP contribution in [0.2, 0.25) is 0 Å². The van der Waals surface area contributed by atoms with E-state index < -0.39 is 0 Å². The quantitative estimate of drug-likeness (QED) is 0.374. The Morgan fingerprint density at radius 2 is 2.10 bits per heavy atom. The highest BCUT2D eigenvalue weighted by molar-refractivity contribution is 9.10. The molecule has 0 saturated heterocycles. The number of hydrogen-bond donors (Lipinski definition) is 2. The summed E-state index contributed by atoms with van der Waals surface area (Å²) < 4.78 is 0.876. The van der Waals surface area contributed by atoms with Crippen LogP contribution in [0.3, 0.4) is 0 Å². The van der Waals surface area contributed by atoms with Crippen LogP contribution < -0.4 is 5.73 Å². The van der Waals surface area contributed by atoms with Gasteiger partial charge in [0.25, 0.3) is 5.91 Å². The van der Waals surface area contributed by atoms with Gasteiger partial charge >= 0.3 is 0 Å². The summed E-state index contributed by atoms with van der Waals surface area (Å²) in [6.45, 7) is 6.24. The second-order valence-electron chi connectivity index (χ2n) is 4.95. The van der Waals surface area contributed by atoms with Crippen molar-refractivity contribution in [1.82, 2.24) is 4.90 Å². The van der Waals surface area contributed by atoms with Gasteiger partial charge in [0.05, 0.1) is 0 Å². The Labute approximate surface area is 127 Å². The van der Waals surface area contributed by atoms with Gasteiger partial charge in [-0.1, -0.05) is 21.1 Å². The number of rotatable bonds is 5. The molecule has 5 nitrogen and oxygen atoms in total. The molecule has 0 spiro atoms. The lowest BCUT2D eigenvalue weighted by molar-refractivity contribution is 0.0711. The Morgan fingerprint density at radius 1 is 1.45 bits per heavy atom. The minimum atomic E-state index is -0.0601. The van der Waals surface area contributed by atoms with E-state index in [9.17, 15) is 4.79 Å². The van der Waals surface area contributed by atoms with E-state index in [1.165, 1.54) is 0 Å². The summed E-state index contributed by atoms with van der Waals surface area (Å²) in [5.74, 6) is 0.0593. The molecule has 0 fully saturated rings. The summed E-state index contributed by atoms with van der Waals surface area (Å²) in [6, 6.07) is 5.64. The predicted molar refractivity (Wildman–Crippen MR) is 83.1 cm³/mol. The lowest BCUT2D eigenvalue weighted by atomic mass is 10.1. The summed E-state index contributed by atoms with van der Waals surface area (Å²) in [6.07, 6.45) is 0.341. The predicted octanol–water partition coefficient (Wildman–Crippen LogP) is 2.74. The van der Waals surface area contributed by atoms with Gasteiger partial charge in [0.2, 0.25) is 0 Å². The number of amides is 1. The molecule has 0 aliphatic rings. The lowest BCUT2D eigenvalue weighted by Gasteiger charge is -2.27. The van der Waals surface area contributed by atoms with Gasteiger partial charge in [0.1, 0.15) is 5.84 Å². The average molecular weight is 342 g/mol. The number of amidine groups is 1. The number of nitrogens with zero attached hydrogens (tertiary/aromatic N) is 2. The number of nitrogens with two attached hydrogens (primary N) is 1. The van der Waals surface area contributed by atoms with Gasteiger partial charge in [0, 0.05) is 29.0 Å². The summed E-state index contributed by atoms with van der Waals surface area (Å²) in [5, 5.41) is 11.5. The van der Waals surface area contributed by atoms with E-state index in [1.54, 1.807) is 11.0 Å². The molecule has 0 heterocycles. The Morgan fingerprint density at radius 3 is 2.60 bits per heavy atom. The highest BCUT2D eigenvalue weighted by Crippen LogP contribution is 2.18. The van der Waals surface area contributed by atoms with E-state index in [4.69, 9.17) is 10.9 Å². The Hall–Kier alpha value is -1.56. The second-order valence-corrected chi connectivity index (χ2v) is 5.87. The van der Waals surface area contributed by atoms with Crippen LogP contribution in [0.25, 0.3) is 0 Å². The van der Waals surface area contributed by atoms with Crippen LogP contribution in [0.4, 0.5) is 0 Å². The van der Waals surface area contributed by atoms with Crippen molar-refractivity contribution in [1.29, 1.82) is 0 Å². The molecule has 0 saturated carbocycles. The molecule has 0 aromatic heterocycles. The summed E-state index contributed by atoms with van der Waals surface area (Å²) in [5.41, 5.74) is 7.11.